The Morgan fingerprint density at radius 1 is 1.50 bits per heavy atom. The highest BCUT2D eigenvalue weighted by molar-refractivity contribution is 5.91. The van der Waals surface area contributed by atoms with Crippen LogP contribution in [0.2, 0.25) is 0 Å². The quantitative estimate of drug-likeness (QED) is 0.401. The molecule has 0 spiro atoms. The molecule has 0 bridgehead atoms. The van der Waals surface area contributed by atoms with E-state index in [-0.39, 0.29) is 11.3 Å². The monoisotopic (exact) mass is 190 g/mol. The molecule has 0 N–H and O–H groups in total. The van der Waals surface area contributed by atoms with E-state index in [0.717, 1.165) is 11.1 Å². The Morgan fingerprint density at radius 2 is 2.29 bits per heavy atom. The Balaban J connectivity index is 2.63. The minimum Gasteiger partial charge on any atom is -0.298 e. The Hall–Kier alpha value is -2.04. The average molecular weight is 190 g/mol. The molecular formula is C9H6N2O3. The van der Waals surface area contributed by atoms with E-state index in [1.54, 1.807) is 6.21 Å². The predicted molar refractivity (Wildman–Crippen MR) is 49.8 cm³/mol. The molecule has 1 aromatic rings. The van der Waals surface area contributed by atoms with Gasteiger partial charge in [0, 0.05) is 12.3 Å². The molecule has 0 fully saturated rings. The van der Waals surface area contributed by atoms with Crippen molar-refractivity contribution in [3.63, 3.8) is 0 Å². The second-order valence-electron chi connectivity index (χ2n) is 2.95. The number of benzene rings is 1. The third-order valence-corrected chi connectivity index (χ3v) is 2.10. The van der Waals surface area contributed by atoms with Crippen LogP contribution in [0.25, 0.3) is 0 Å². The van der Waals surface area contributed by atoms with Gasteiger partial charge in [0.1, 0.15) is 0 Å². The minimum absolute atomic E-state index is 0.0992. The number of nitro benzene ring substituents is 1. The summed E-state index contributed by atoms with van der Waals surface area (Å²) in [7, 11) is 0. The zero-order chi connectivity index (χ0) is 10.1. The van der Waals surface area contributed by atoms with Gasteiger partial charge in [0.15, 0.2) is 6.29 Å². The van der Waals surface area contributed by atoms with Crippen LogP contribution in [0.1, 0.15) is 21.5 Å². The number of fused-ring (bicyclic) bond motifs is 1. The maximum absolute atomic E-state index is 10.6. The summed E-state index contributed by atoms with van der Waals surface area (Å²) in [6, 6.07) is 2.91. The Kier molecular flexibility index (Phi) is 1.85. The summed E-state index contributed by atoms with van der Waals surface area (Å²) < 4.78 is 0. The summed E-state index contributed by atoms with van der Waals surface area (Å²) in [5.41, 5.74) is 1.53. The van der Waals surface area contributed by atoms with Crippen molar-refractivity contribution in [2.45, 2.75) is 6.54 Å². The summed E-state index contributed by atoms with van der Waals surface area (Å²) in [4.78, 5) is 24.6. The normalized spacial score (nSPS) is 12.6. The van der Waals surface area contributed by atoms with Crippen LogP contribution < -0.4 is 0 Å². The molecule has 0 saturated heterocycles. The van der Waals surface area contributed by atoms with E-state index < -0.39 is 4.92 Å². The SMILES string of the molecule is O=Cc1cc2c(cc1[N+](=O)[O-])CN=C2. The van der Waals surface area contributed by atoms with Gasteiger partial charge in [0.2, 0.25) is 0 Å². The van der Waals surface area contributed by atoms with Crippen LogP contribution in [0, 0.1) is 10.1 Å². The van der Waals surface area contributed by atoms with Gasteiger partial charge < -0.3 is 0 Å². The second-order valence-corrected chi connectivity index (χ2v) is 2.95. The topological polar surface area (TPSA) is 72.6 Å². The molecule has 70 valence electrons. The molecule has 0 amide bonds. The van der Waals surface area contributed by atoms with Crippen molar-refractivity contribution in [1.29, 1.82) is 0 Å². The van der Waals surface area contributed by atoms with Gasteiger partial charge in [-0.05, 0) is 17.2 Å². The molecule has 1 aliphatic heterocycles. The number of carbonyl (C=O) groups is 1. The molecule has 1 heterocycles. The van der Waals surface area contributed by atoms with Gasteiger partial charge in [0.05, 0.1) is 17.0 Å². The van der Waals surface area contributed by atoms with Crippen LogP contribution in [-0.4, -0.2) is 17.4 Å². The predicted octanol–water partition coefficient (Wildman–Crippen LogP) is 1.34. The highest BCUT2D eigenvalue weighted by Crippen LogP contribution is 2.24. The third-order valence-electron chi connectivity index (χ3n) is 2.10. The fourth-order valence-corrected chi connectivity index (χ4v) is 1.42. The van der Waals surface area contributed by atoms with Crippen molar-refractivity contribution in [3.8, 4) is 0 Å². The van der Waals surface area contributed by atoms with Gasteiger partial charge in [-0.25, -0.2) is 0 Å². The van der Waals surface area contributed by atoms with Crippen LogP contribution in [-0.2, 0) is 6.54 Å². The van der Waals surface area contributed by atoms with Gasteiger partial charge in [0.25, 0.3) is 5.69 Å². The van der Waals surface area contributed by atoms with Crippen LogP contribution in [0.15, 0.2) is 17.1 Å². The molecule has 0 atom stereocenters. The molecule has 5 heteroatoms. The first-order chi connectivity index (χ1) is 6.72. The fraction of sp³-hybridized carbons (Fsp3) is 0.111. The molecule has 0 unspecified atom stereocenters. The lowest BCUT2D eigenvalue weighted by molar-refractivity contribution is -0.385. The standard InChI is InChI=1S/C9H6N2O3/c12-5-8-1-6-3-10-4-7(6)2-9(8)11(13)14/h1-3,5H,4H2. The summed E-state index contributed by atoms with van der Waals surface area (Å²) >= 11 is 0. The lowest BCUT2D eigenvalue weighted by atomic mass is 10.1. The smallest absolute Gasteiger partial charge is 0.280 e. The number of nitrogens with zero attached hydrogens (tertiary/aromatic N) is 2. The zero-order valence-electron chi connectivity index (χ0n) is 7.14. The highest BCUT2D eigenvalue weighted by atomic mass is 16.6. The second kappa shape index (κ2) is 3.02. The summed E-state index contributed by atoms with van der Waals surface area (Å²) in [6.07, 6.45) is 2.11. The van der Waals surface area contributed by atoms with Gasteiger partial charge in [-0.2, -0.15) is 0 Å². The molecule has 1 aromatic carbocycles. The van der Waals surface area contributed by atoms with E-state index in [0.29, 0.717) is 12.8 Å². The molecule has 5 nitrogen and oxygen atoms in total. The van der Waals surface area contributed by atoms with Crippen molar-refractivity contribution >= 4 is 18.2 Å². The molecule has 0 radical (unpaired) electrons. The van der Waals surface area contributed by atoms with Crippen molar-refractivity contribution in [3.05, 3.63) is 38.9 Å². The molecule has 0 saturated carbocycles. The summed E-state index contributed by atoms with van der Waals surface area (Å²) in [5, 5.41) is 10.6. The van der Waals surface area contributed by atoms with Gasteiger partial charge in [-0.3, -0.25) is 19.9 Å². The highest BCUT2D eigenvalue weighted by Gasteiger charge is 2.18. The average Bonchev–Trinajstić information content (AvgIpc) is 2.62. The number of nitro groups is 1. The first kappa shape index (κ1) is 8.55. The maximum Gasteiger partial charge on any atom is 0.280 e. The van der Waals surface area contributed by atoms with Crippen LogP contribution in [0.4, 0.5) is 5.69 Å². The van der Waals surface area contributed by atoms with E-state index in [2.05, 4.69) is 4.99 Å². The number of hydrogen-bond acceptors (Lipinski definition) is 4. The van der Waals surface area contributed by atoms with Crippen molar-refractivity contribution < 1.29 is 9.72 Å². The Labute approximate surface area is 79.2 Å². The summed E-state index contributed by atoms with van der Waals surface area (Å²) in [5.74, 6) is 0. The molecule has 2 rings (SSSR count). The van der Waals surface area contributed by atoms with Gasteiger partial charge in [-0.1, -0.05) is 0 Å². The van der Waals surface area contributed by atoms with E-state index in [9.17, 15) is 14.9 Å². The lowest BCUT2D eigenvalue weighted by Gasteiger charge is -1.99. The van der Waals surface area contributed by atoms with E-state index >= 15 is 0 Å². The lowest BCUT2D eigenvalue weighted by Crippen LogP contribution is -1.97. The minimum atomic E-state index is -0.553. The molecule has 14 heavy (non-hydrogen) atoms. The third kappa shape index (κ3) is 1.19. The molecule has 0 aromatic heterocycles. The van der Waals surface area contributed by atoms with Crippen LogP contribution >= 0.6 is 0 Å². The van der Waals surface area contributed by atoms with E-state index in [1.807, 2.05) is 0 Å². The van der Waals surface area contributed by atoms with Crippen molar-refractivity contribution in [1.82, 2.24) is 0 Å². The van der Waals surface area contributed by atoms with Gasteiger partial charge in [-0.15, -0.1) is 0 Å². The largest absolute Gasteiger partial charge is 0.298 e. The first-order valence-electron chi connectivity index (χ1n) is 3.98. The number of aliphatic imine (C=N–C) groups is 1. The first-order valence-corrected chi connectivity index (χ1v) is 3.98. The summed E-state index contributed by atoms with van der Waals surface area (Å²) in [6.45, 7) is 0.454. The van der Waals surface area contributed by atoms with E-state index in [1.165, 1.54) is 12.1 Å². The number of aldehydes is 1. The fourth-order valence-electron chi connectivity index (χ4n) is 1.42. The van der Waals surface area contributed by atoms with Crippen molar-refractivity contribution in [2.75, 3.05) is 0 Å². The van der Waals surface area contributed by atoms with Crippen molar-refractivity contribution in [2.24, 2.45) is 4.99 Å². The van der Waals surface area contributed by atoms with E-state index in [4.69, 9.17) is 0 Å². The molecular weight excluding hydrogens is 184 g/mol. The molecule has 0 aliphatic carbocycles. The zero-order valence-corrected chi connectivity index (χ0v) is 7.14. The van der Waals surface area contributed by atoms with Crippen LogP contribution in [0.5, 0.6) is 0 Å². The van der Waals surface area contributed by atoms with Gasteiger partial charge >= 0.3 is 0 Å². The maximum atomic E-state index is 10.6. The Morgan fingerprint density at radius 3 is 2.93 bits per heavy atom. The number of carbonyl (C=O) groups excluding carboxylic acids is 1. The number of rotatable bonds is 2. The molecule has 1 aliphatic rings. The van der Waals surface area contributed by atoms with Crippen LogP contribution in [0.3, 0.4) is 0 Å². The number of hydrogen-bond donors (Lipinski definition) is 0. The Bertz CT molecular complexity index is 452.